The fraction of sp³-hybridized carbons (Fsp3) is 1.00. The van der Waals surface area contributed by atoms with E-state index in [0.717, 1.165) is 5.92 Å². The molecule has 0 aromatic heterocycles. The van der Waals surface area contributed by atoms with Crippen molar-refractivity contribution in [2.75, 3.05) is 0 Å². The molecule has 0 saturated heterocycles. The van der Waals surface area contributed by atoms with Crippen LogP contribution in [0.5, 0.6) is 0 Å². The molecular weight excluding hydrogens is 280 g/mol. The van der Waals surface area contributed by atoms with Gasteiger partial charge in [0.15, 0.2) is 0 Å². The van der Waals surface area contributed by atoms with Gasteiger partial charge >= 0.3 is 0 Å². The summed E-state index contributed by atoms with van der Waals surface area (Å²) in [6.07, 6.45) is 4.01. The number of alkyl halides is 2. The lowest BCUT2D eigenvalue weighted by Crippen LogP contribution is -2.32. The number of hydrogen-bond acceptors (Lipinski definition) is 0. The van der Waals surface area contributed by atoms with Gasteiger partial charge in [-0.3, -0.25) is 0 Å². The molecule has 1 fully saturated rings. The molecule has 0 unspecified atom stereocenters. The van der Waals surface area contributed by atoms with Crippen LogP contribution in [-0.4, -0.2) is 9.65 Å². The Morgan fingerprint density at radius 3 is 2.00 bits per heavy atom. The molecule has 2 heteroatoms. The van der Waals surface area contributed by atoms with Crippen molar-refractivity contribution in [3.63, 3.8) is 0 Å². The quantitative estimate of drug-likeness (QED) is 0.583. The minimum Gasteiger partial charge on any atom is -0.0879 e. The van der Waals surface area contributed by atoms with Crippen molar-refractivity contribution >= 4 is 31.9 Å². The first-order valence-electron chi connectivity index (χ1n) is 4.69. The van der Waals surface area contributed by atoms with Crippen LogP contribution >= 0.6 is 31.9 Å². The summed E-state index contributed by atoms with van der Waals surface area (Å²) >= 11 is 7.44. The highest BCUT2D eigenvalue weighted by atomic mass is 79.9. The van der Waals surface area contributed by atoms with Gasteiger partial charge in [0.2, 0.25) is 0 Å². The van der Waals surface area contributed by atoms with Crippen molar-refractivity contribution in [3.8, 4) is 0 Å². The van der Waals surface area contributed by atoms with Crippen molar-refractivity contribution in [3.05, 3.63) is 0 Å². The van der Waals surface area contributed by atoms with Crippen LogP contribution in [0.3, 0.4) is 0 Å². The number of hydrogen-bond donors (Lipinski definition) is 0. The highest BCUT2D eigenvalue weighted by Crippen LogP contribution is 2.42. The van der Waals surface area contributed by atoms with Crippen LogP contribution in [0.15, 0.2) is 0 Å². The van der Waals surface area contributed by atoms with Crippen LogP contribution < -0.4 is 0 Å². The Hall–Kier alpha value is 0.960. The summed E-state index contributed by atoms with van der Waals surface area (Å²) in [5.41, 5.74) is 0.485. The Balaban J connectivity index is 2.51. The van der Waals surface area contributed by atoms with E-state index in [1.165, 1.54) is 19.3 Å². The fourth-order valence-corrected chi connectivity index (χ4v) is 3.06. The Bertz CT molecular complexity index is 148. The van der Waals surface area contributed by atoms with Crippen LogP contribution in [-0.2, 0) is 0 Å². The maximum Gasteiger partial charge on any atom is 0.0273 e. The van der Waals surface area contributed by atoms with Gasteiger partial charge in [-0.15, -0.1) is 0 Å². The minimum atomic E-state index is 0.485. The Morgan fingerprint density at radius 2 is 1.58 bits per heavy atom. The summed E-state index contributed by atoms with van der Waals surface area (Å²) in [6.45, 7) is 7.06. The molecule has 0 spiro atoms. The summed E-state index contributed by atoms with van der Waals surface area (Å²) in [5, 5.41) is 0. The van der Waals surface area contributed by atoms with Gasteiger partial charge in [0.1, 0.15) is 0 Å². The van der Waals surface area contributed by atoms with Gasteiger partial charge in [-0.25, -0.2) is 0 Å². The van der Waals surface area contributed by atoms with Crippen LogP contribution in [0.1, 0.15) is 40.0 Å². The molecule has 0 aromatic carbocycles. The van der Waals surface area contributed by atoms with E-state index < -0.39 is 0 Å². The zero-order valence-electron chi connectivity index (χ0n) is 8.11. The van der Waals surface area contributed by atoms with Crippen LogP contribution in [0, 0.1) is 11.3 Å². The Morgan fingerprint density at radius 1 is 1.00 bits per heavy atom. The van der Waals surface area contributed by atoms with Gasteiger partial charge in [-0.1, -0.05) is 52.6 Å². The molecular formula is C10H18Br2. The first-order chi connectivity index (χ1) is 5.41. The normalized spacial score (nSPS) is 38.2. The van der Waals surface area contributed by atoms with Gasteiger partial charge in [-0.2, -0.15) is 0 Å². The third kappa shape index (κ3) is 2.73. The van der Waals surface area contributed by atoms with Crippen molar-refractivity contribution < 1.29 is 0 Å². The molecule has 12 heavy (non-hydrogen) atoms. The Labute approximate surface area is 92.8 Å². The molecule has 1 saturated carbocycles. The van der Waals surface area contributed by atoms with Crippen LogP contribution in [0.4, 0.5) is 0 Å². The predicted molar refractivity (Wildman–Crippen MR) is 62.2 cm³/mol. The van der Waals surface area contributed by atoms with E-state index in [0.29, 0.717) is 15.1 Å². The third-order valence-corrected chi connectivity index (χ3v) is 5.74. The van der Waals surface area contributed by atoms with Crippen molar-refractivity contribution in [1.82, 2.24) is 0 Å². The van der Waals surface area contributed by atoms with E-state index in [1.54, 1.807) is 0 Å². The molecule has 0 radical (unpaired) electrons. The lowest BCUT2D eigenvalue weighted by atomic mass is 9.72. The fourth-order valence-electron chi connectivity index (χ4n) is 1.87. The van der Waals surface area contributed by atoms with E-state index in [2.05, 4.69) is 52.6 Å². The maximum absolute atomic E-state index is 3.74. The second-order valence-corrected chi connectivity index (χ2v) is 7.26. The van der Waals surface area contributed by atoms with E-state index in [4.69, 9.17) is 0 Å². The van der Waals surface area contributed by atoms with Crippen molar-refractivity contribution in [2.45, 2.75) is 49.7 Å². The monoisotopic (exact) mass is 296 g/mol. The smallest absolute Gasteiger partial charge is 0.0273 e. The van der Waals surface area contributed by atoms with Crippen molar-refractivity contribution in [1.29, 1.82) is 0 Å². The zero-order valence-corrected chi connectivity index (χ0v) is 11.3. The number of halogens is 2. The molecule has 0 amide bonds. The second kappa shape index (κ2) is 4.00. The molecule has 0 N–H and O–H groups in total. The number of rotatable bonds is 0. The summed E-state index contributed by atoms with van der Waals surface area (Å²) in [5.74, 6) is 0.885. The van der Waals surface area contributed by atoms with Gasteiger partial charge in [0.25, 0.3) is 0 Å². The minimum absolute atomic E-state index is 0.485. The maximum atomic E-state index is 3.74. The molecule has 1 aliphatic carbocycles. The molecule has 0 bridgehead atoms. The van der Waals surface area contributed by atoms with E-state index >= 15 is 0 Å². The van der Waals surface area contributed by atoms with Gasteiger partial charge < -0.3 is 0 Å². The van der Waals surface area contributed by atoms with E-state index in [1.807, 2.05) is 0 Å². The molecule has 0 nitrogen and oxygen atoms in total. The van der Waals surface area contributed by atoms with Gasteiger partial charge in [-0.05, 0) is 30.6 Å². The summed E-state index contributed by atoms with van der Waals surface area (Å²) in [4.78, 5) is 1.37. The molecule has 3 atom stereocenters. The lowest BCUT2D eigenvalue weighted by Gasteiger charge is -2.38. The summed E-state index contributed by atoms with van der Waals surface area (Å²) in [6, 6.07) is 0. The highest BCUT2D eigenvalue weighted by molar-refractivity contribution is 9.12. The zero-order chi connectivity index (χ0) is 9.35. The Kier molecular flexibility index (Phi) is 3.68. The highest BCUT2D eigenvalue weighted by Gasteiger charge is 2.33. The standard InChI is InChI=1S/C10H18Br2/c1-10(2,3)7-4-5-8(11)9(12)6-7/h7-9H,4-6H2,1-3H3/t7-,8-,9-/m1/s1. The first kappa shape index (κ1) is 11.0. The SMILES string of the molecule is CC(C)(C)[C@@H]1CC[C@@H](Br)[C@H](Br)C1. The average molecular weight is 298 g/mol. The van der Waals surface area contributed by atoms with Crippen LogP contribution in [0.2, 0.25) is 0 Å². The van der Waals surface area contributed by atoms with E-state index in [9.17, 15) is 0 Å². The first-order valence-corrected chi connectivity index (χ1v) is 6.52. The molecule has 0 aromatic rings. The average Bonchev–Trinajstić information content (AvgIpc) is 1.92. The largest absolute Gasteiger partial charge is 0.0879 e. The second-order valence-electron chi connectivity index (χ2n) is 4.91. The van der Waals surface area contributed by atoms with E-state index in [-0.39, 0.29) is 0 Å². The van der Waals surface area contributed by atoms with Gasteiger partial charge in [0, 0.05) is 9.65 Å². The lowest BCUT2D eigenvalue weighted by molar-refractivity contribution is 0.187. The molecule has 0 heterocycles. The summed E-state index contributed by atoms with van der Waals surface area (Å²) in [7, 11) is 0. The molecule has 1 aliphatic rings. The molecule has 0 aliphatic heterocycles. The van der Waals surface area contributed by atoms with Crippen molar-refractivity contribution in [2.24, 2.45) is 11.3 Å². The molecule has 1 rings (SSSR count). The predicted octanol–water partition coefficient (Wildman–Crippen LogP) is 4.36. The topological polar surface area (TPSA) is 0 Å². The third-order valence-electron chi connectivity index (χ3n) is 2.92. The summed E-state index contributed by atoms with van der Waals surface area (Å²) < 4.78 is 0. The molecule has 72 valence electrons. The van der Waals surface area contributed by atoms with Gasteiger partial charge in [0.05, 0.1) is 0 Å². The van der Waals surface area contributed by atoms with Crippen LogP contribution in [0.25, 0.3) is 0 Å².